The van der Waals surface area contributed by atoms with E-state index in [2.05, 4.69) is 4.74 Å². The molecule has 156 valence electrons. The lowest BCUT2D eigenvalue weighted by atomic mass is 10.1. The van der Waals surface area contributed by atoms with Gasteiger partial charge in [0.2, 0.25) is 5.91 Å². The van der Waals surface area contributed by atoms with Gasteiger partial charge in [0.05, 0.1) is 19.4 Å². The quantitative estimate of drug-likeness (QED) is 0.620. The molecule has 0 bridgehead atoms. The molecule has 0 radical (unpaired) electrons. The number of amides is 1. The molecule has 8 heteroatoms. The van der Waals surface area contributed by atoms with Gasteiger partial charge in [-0.05, 0) is 23.3 Å². The van der Waals surface area contributed by atoms with E-state index in [0.717, 1.165) is 17.7 Å². The molecular weight excluding hydrogens is 387 g/mol. The highest BCUT2D eigenvalue weighted by molar-refractivity contribution is 5.80. The van der Waals surface area contributed by atoms with Crippen molar-refractivity contribution >= 4 is 11.9 Å². The summed E-state index contributed by atoms with van der Waals surface area (Å²) in [6.45, 7) is 2.13. The smallest absolute Gasteiger partial charge is 0.469 e. The highest BCUT2D eigenvalue weighted by Crippen LogP contribution is 2.23. The summed E-state index contributed by atoms with van der Waals surface area (Å²) in [5, 5.41) is 0. The molecule has 2 rings (SSSR count). The maximum Gasteiger partial charge on any atom is 0.573 e. The van der Waals surface area contributed by atoms with Gasteiger partial charge < -0.3 is 14.4 Å². The van der Waals surface area contributed by atoms with Gasteiger partial charge >= 0.3 is 12.3 Å². The summed E-state index contributed by atoms with van der Waals surface area (Å²) in [5.74, 6) is -1.55. The largest absolute Gasteiger partial charge is 0.573 e. The van der Waals surface area contributed by atoms with Crippen molar-refractivity contribution < 1.29 is 32.2 Å². The summed E-state index contributed by atoms with van der Waals surface area (Å²) in [4.78, 5) is 26.1. The standard InChI is InChI=1S/C21H22F3NO4/c1-15(20(27)28-2)13-25(14-17-6-4-3-5-7-17)19(26)12-16-8-10-18(11-9-16)29-21(22,23)24/h3-11,15H,12-14H2,1-2H3. The molecule has 1 atom stereocenters. The van der Waals surface area contributed by atoms with Crippen molar-refractivity contribution in [3.63, 3.8) is 0 Å². The van der Waals surface area contributed by atoms with E-state index in [-0.39, 0.29) is 24.6 Å². The SMILES string of the molecule is COC(=O)C(C)CN(Cc1ccccc1)C(=O)Cc1ccc(OC(F)(F)F)cc1. The van der Waals surface area contributed by atoms with Gasteiger partial charge in [-0.2, -0.15) is 0 Å². The van der Waals surface area contributed by atoms with Crippen molar-refractivity contribution in [3.8, 4) is 5.75 Å². The summed E-state index contributed by atoms with van der Waals surface area (Å²) in [5.41, 5.74) is 1.43. The molecule has 0 aliphatic heterocycles. The second-order valence-corrected chi connectivity index (χ2v) is 6.55. The number of hydrogen-bond acceptors (Lipinski definition) is 4. The maximum atomic E-state index is 12.8. The Morgan fingerprint density at radius 2 is 1.62 bits per heavy atom. The number of methoxy groups -OCH3 is 1. The number of alkyl halides is 3. The Hall–Kier alpha value is -3.03. The lowest BCUT2D eigenvalue weighted by Gasteiger charge is -2.25. The number of rotatable bonds is 8. The predicted octanol–water partition coefficient (Wildman–Crippen LogP) is 3.97. The van der Waals surface area contributed by atoms with E-state index in [0.29, 0.717) is 12.1 Å². The van der Waals surface area contributed by atoms with Crippen molar-refractivity contribution in [1.29, 1.82) is 0 Å². The second kappa shape index (κ2) is 9.95. The van der Waals surface area contributed by atoms with Crippen molar-refractivity contribution in [2.75, 3.05) is 13.7 Å². The molecule has 0 saturated carbocycles. The maximum absolute atomic E-state index is 12.8. The molecule has 29 heavy (non-hydrogen) atoms. The van der Waals surface area contributed by atoms with Crippen LogP contribution in [0.25, 0.3) is 0 Å². The number of carbonyl (C=O) groups excluding carboxylic acids is 2. The number of esters is 1. The fourth-order valence-electron chi connectivity index (χ4n) is 2.76. The van der Waals surface area contributed by atoms with Crippen LogP contribution in [0.2, 0.25) is 0 Å². The van der Waals surface area contributed by atoms with Gasteiger partial charge in [0, 0.05) is 13.1 Å². The summed E-state index contributed by atoms with van der Waals surface area (Å²) in [6, 6.07) is 14.4. The third-order valence-electron chi connectivity index (χ3n) is 4.18. The average Bonchev–Trinajstić information content (AvgIpc) is 2.68. The third kappa shape index (κ3) is 7.48. The van der Waals surface area contributed by atoms with Crippen LogP contribution in [0.3, 0.4) is 0 Å². The first kappa shape index (κ1) is 22.3. The minimum atomic E-state index is -4.77. The summed E-state index contributed by atoms with van der Waals surface area (Å²) in [7, 11) is 1.28. The van der Waals surface area contributed by atoms with Gasteiger partial charge in [-0.3, -0.25) is 9.59 Å². The molecule has 2 aromatic rings. The van der Waals surface area contributed by atoms with Crippen LogP contribution in [0.4, 0.5) is 13.2 Å². The summed E-state index contributed by atoms with van der Waals surface area (Å²) < 4.78 is 45.3. The second-order valence-electron chi connectivity index (χ2n) is 6.55. The fourth-order valence-corrected chi connectivity index (χ4v) is 2.76. The predicted molar refractivity (Wildman–Crippen MR) is 99.9 cm³/mol. The molecule has 0 fully saturated rings. The van der Waals surface area contributed by atoms with Crippen LogP contribution in [0.1, 0.15) is 18.1 Å². The van der Waals surface area contributed by atoms with Crippen LogP contribution in [-0.2, 0) is 27.3 Å². The normalized spacial score (nSPS) is 12.2. The molecule has 0 aromatic heterocycles. The first-order chi connectivity index (χ1) is 13.7. The zero-order chi connectivity index (χ0) is 21.4. The zero-order valence-corrected chi connectivity index (χ0v) is 16.1. The molecule has 0 aliphatic carbocycles. The number of halogens is 3. The van der Waals surface area contributed by atoms with Crippen molar-refractivity contribution in [3.05, 3.63) is 65.7 Å². The number of carbonyl (C=O) groups is 2. The van der Waals surface area contributed by atoms with Crippen molar-refractivity contribution in [2.45, 2.75) is 26.3 Å². The third-order valence-corrected chi connectivity index (χ3v) is 4.18. The number of hydrogen-bond donors (Lipinski definition) is 0. The summed E-state index contributed by atoms with van der Waals surface area (Å²) in [6.07, 6.45) is -4.79. The fraction of sp³-hybridized carbons (Fsp3) is 0.333. The first-order valence-corrected chi connectivity index (χ1v) is 8.92. The molecule has 2 aromatic carbocycles. The molecule has 1 unspecified atom stereocenters. The lowest BCUT2D eigenvalue weighted by molar-refractivity contribution is -0.274. The first-order valence-electron chi connectivity index (χ1n) is 8.92. The Morgan fingerprint density at radius 3 is 2.17 bits per heavy atom. The Bertz CT molecular complexity index is 807. The Morgan fingerprint density at radius 1 is 1.00 bits per heavy atom. The van der Waals surface area contributed by atoms with E-state index >= 15 is 0 Å². The molecule has 5 nitrogen and oxygen atoms in total. The number of ether oxygens (including phenoxy) is 2. The van der Waals surface area contributed by atoms with Crippen LogP contribution in [0, 0.1) is 5.92 Å². The topological polar surface area (TPSA) is 55.8 Å². The van der Waals surface area contributed by atoms with E-state index in [1.807, 2.05) is 30.3 Å². The molecule has 0 saturated heterocycles. The number of benzene rings is 2. The van der Waals surface area contributed by atoms with E-state index in [1.54, 1.807) is 6.92 Å². The van der Waals surface area contributed by atoms with Crippen LogP contribution < -0.4 is 4.74 Å². The minimum absolute atomic E-state index is 0.0208. The highest BCUT2D eigenvalue weighted by atomic mass is 19.4. The lowest BCUT2D eigenvalue weighted by Crippen LogP contribution is -2.37. The van der Waals surface area contributed by atoms with Crippen molar-refractivity contribution in [2.24, 2.45) is 5.92 Å². The molecule has 0 heterocycles. The van der Waals surface area contributed by atoms with Crippen molar-refractivity contribution in [1.82, 2.24) is 4.90 Å². The van der Waals surface area contributed by atoms with Crippen LogP contribution in [-0.4, -0.2) is 36.8 Å². The zero-order valence-electron chi connectivity index (χ0n) is 16.1. The monoisotopic (exact) mass is 409 g/mol. The Labute approximate surface area is 167 Å². The molecule has 1 amide bonds. The van der Waals surface area contributed by atoms with Gasteiger partial charge in [-0.15, -0.1) is 13.2 Å². The highest BCUT2D eigenvalue weighted by Gasteiger charge is 2.31. The van der Waals surface area contributed by atoms with Crippen LogP contribution in [0.5, 0.6) is 5.75 Å². The van der Waals surface area contributed by atoms with E-state index < -0.39 is 18.2 Å². The molecular formula is C21H22F3NO4. The summed E-state index contributed by atoms with van der Waals surface area (Å²) >= 11 is 0. The Balaban J connectivity index is 2.10. The van der Waals surface area contributed by atoms with Crippen LogP contribution >= 0.6 is 0 Å². The van der Waals surface area contributed by atoms with Gasteiger partial charge in [0.15, 0.2) is 0 Å². The van der Waals surface area contributed by atoms with Crippen LogP contribution in [0.15, 0.2) is 54.6 Å². The van der Waals surface area contributed by atoms with Gasteiger partial charge in [0.1, 0.15) is 5.75 Å². The Kier molecular flexibility index (Phi) is 7.64. The molecule has 0 spiro atoms. The molecule has 0 aliphatic rings. The van der Waals surface area contributed by atoms with Gasteiger partial charge in [-0.1, -0.05) is 49.4 Å². The van der Waals surface area contributed by atoms with Gasteiger partial charge in [0.25, 0.3) is 0 Å². The van der Waals surface area contributed by atoms with E-state index in [1.165, 1.54) is 24.1 Å². The minimum Gasteiger partial charge on any atom is -0.469 e. The van der Waals surface area contributed by atoms with Gasteiger partial charge in [-0.25, -0.2) is 0 Å². The van der Waals surface area contributed by atoms with E-state index in [9.17, 15) is 22.8 Å². The molecule has 0 N–H and O–H groups in total. The van der Waals surface area contributed by atoms with E-state index in [4.69, 9.17) is 4.74 Å². The number of nitrogens with zero attached hydrogens (tertiary/aromatic N) is 1. The average molecular weight is 409 g/mol.